The number of aryl methyl sites for hydroxylation is 1. The smallest absolute Gasteiger partial charge is 0.123 e. The van der Waals surface area contributed by atoms with Gasteiger partial charge in [-0.2, -0.15) is 0 Å². The maximum absolute atomic E-state index is 9.40. The molecule has 0 fully saturated rings. The van der Waals surface area contributed by atoms with Crippen molar-refractivity contribution in [1.29, 1.82) is 0 Å². The number of aliphatic hydroxyl groups is 1. The van der Waals surface area contributed by atoms with Crippen LogP contribution in [-0.2, 0) is 6.54 Å². The molecular weight excluding hydrogens is 228 g/mol. The van der Waals surface area contributed by atoms with Crippen LogP contribution in [0.15, 0.2) is 34.9 Å². The van der Waals surface area contributed by atoms with Crippen LogP contribution in [0.5, 0.6) is 0 Å². The average molecular weight is 246 g/mol. The molecule has 2 aromatic heterocycles. The average Bonchev–Trinajstić information content (AvgIpc) is 2.75. The Morgan fingerprint density at radius 3 is 2.61 bits per heavy atom. The molecule has 0 bridgehead atoms. The second-order valence-corrected chi connectivity index (χ2v) is 4.49. The van der Waals surface area contributed by atoms with Gasteiger partial charge in [-0.25, -0.2) is 0 Å². The lowest BCUT2D eigenvalue weighted by Crippen LogP contribution is -2.16. The van der Waals surface area contributed by atoms with Gasteiger partial charge in [0.1, 0.15) is 11.5 Å². The number of aromatic nitrogens is 1. The molecule has 0 aliphatic carbocycles. The molecule has 0 saturated heterocycles. The summed E-state index contributed by atoms with van der Waals surface area (Å²) < 4.78 is 5.54. The molecular formula is C14H18N2O2. The summed E-state index contributed by atoms with van der Waals surface area (Å²) in [4.78, 5) is 6.28. The van der Waals surface area contributed by atoms with E-state index in [0.717, 1.165) is 17.2 Å². The molecule has 2 heterocycles. The van der Waals surface area contributed by atoms with Gasteiger partial charge in [0.05, 0.1) is 30.2 Å². The number of rotatable bonds is 4. The van der Waals surface area contributed by atoms with Gasteiger partial charge in [0, 0.05) is 7.05 Å². The van der Waals surface area contributed by atoms with Crippen LogP contribution < -0.4 is 4.90 Å². The first-order chi connectivity index (χ1) is 8.56. The highest BCUT2D eigenvalue weighted by atomic mass is 16.3. The second-order valence-electron chi connectivity index (χ2n) is 4.49. The minimum absolute atomic E-state index is 0.530. The molecule has 18 heavy (non-hydrogen) atoms. The third-order valence-electron chi connectivity index (χ3n) is 2.83. The minimum atomic E-state index is -0.530. The SMILES string of the molecule is Cc1ccc(CN(C)c2ccc([C@H](C)O)nc2)o1. The molecule has 1 N–H and O–H groups in total. The third kappa shape index (κ3) is 2.90. The van der Waals surface area contributed by atoms with E-state index in [-0.39, 0.29) is 0 Å². The van der Waals surface area contributed by atoms with Gasteiger partial charge in [0.25, 0.3) is 0 Å². The highest BCUT2D eigenvalue weighted by molar-refractivity contribution is 5.44. The molecule has 4 nitrogen and oxygen atoms in total. The zero-order valence-corrected chi connectivity index (χ0v) is 10.9. The van der Waals surface area contributed by atoms with Crippen molar-refractivity contribution >= 4 is 5.69 Å². The van der Waals surface area contributed by atoms with E-state index in [9.17, 15) is 5.11 Å². The number of hydrogen-bond donors (Lipinski definition) is 1. The van der Waals surface area contributed by atoms with Crippen molar-refractivity contribution in [3.63, 3.8) is 0 Å². The van der Waals surface area contributed by atoms with E-state index in [1.807, 2.05) is 38.2 Å². The molecule has 0 saturated carbocycles. The second kappa shape index (κ2) is 5.23. The van der Waals surface area contributed by atoms with Crippen LogP contribution in [0.2, 0.25) is 0 Å². The predicted molar refractivity (Wildman–Crippen MR) is 70.4 cm³/mol. The molecule has 0 aliphatic rings. The van der Waals surface area contributed by atoms with Crippen LogP contribution in [0.1, 0.15) is 30.2 Å². The monoisotopic (exact) mass is 246 g/mol. The minimum Gasteiger partial charge on any atom is -0.464 e. The lowest BCUT2D eigenvalue weighted by molar-refractivity contribution is 0.194. The lowest BCUT2D eigenvalue weighted by atomic mass is 10.2. The number of hydrogen-bond acceptors (Lipinski definition) is 4. The van der Waals surface area contributed by atoms with Crippen molar-refractivity contribution in [3.05, 3.63) is 47.7 Å². The lowest BCUT2D eigenvalue weighted by Gasteiger charge is -2.18. The van der Waals surface area contributed by atoms with E-state index in [1.54, 1.807) is 13.1 Å². The highest BCUT2D eigenvalue weighted by Crippen LogP contribution is 2.18. The Morgan fingerprint density at radius 1 is 1.33 bits per heavy atom. The highest BCUT2D eigenvalue weighted by Gasteiger charge is 2.07. The van der Waals surface area contributed by atoms with Crippen molar-refractivity contribution < 1.29 is 9.52 Å². The molecule has 0 aromatic carbocycles. The molecule has 2 rings (SSSR count). The maximum Gasteiger partial charge on any atom is 0.123 e. The van der Waals surface area contributed by atoms with Crippen LogP contribution in [0, 0.1) is 6.92 Å². The molecule has 1 atom stereocenters. The summed E-state index contributed by atoms with van der Waals surface area (Å²) in [5.74, 6) is 1.84. The number of furan rings is 1. The van der Waals surface area contributed by atoms with Gasteiger partial charge < -0.3 is 14.4 Å². The van der Waals surface area contributed by atoms with Gasteiger partial charge in [0.2, 0.25) is 0 Å². The number of anilines is 1. The van der Waals surface area contributed by atoms with E-state index in [0.29, 0.717) is 12.2 Å². The maximum atomic E-state index is 9.40. The summed E-state index contributed by atoms with van der Waals surface area (Å²) in [6.07, 6.45) is 1.23. The Morgan fingerprint density at radius 2 is 2.11 bits per heavy atom. The van der Waals surface area contributed by atoms with Crippen molar-refractivity contribution in [2.24, 2.45) is 0 Å². The summed E-state index contributed by atoms with van der Waals surface area (Å²) in [7, 11) is 1.98. The van der Waals surface area contributed by atoms with Crippen LogP contribution >= 0.6 is 0 Å². The number of nitrogens with zero attached hydrogens (tertiary/aromatic N) is 2. The molecule has 96 valence electrons. The largest absolute Gasteiger partial charge is 0.464 e. The van der Waals surface area contributed by atoms with Crippen molar-refractivity contribution in [2.75, 3.05) is 11.9 Å². The summed E-state index contributed by atoms with van der Waals surface area (Å²) in [5, 5.41) is 9.40. The first-order valence-electron chi connectivity index (χ1n) is 5.96. The molecule has 2 aromatic rings. The van der Waals surface area contributed by atoms with Crippen LogP contribution in [-0.4, -0.2) is 17.1 Å². The standard InChI is InChI=1S/C14H18N2O2/c1-10-4-6-13(18-10)9-16(3)12-5-7-14(11(2)17)15-8-12/h4-8,11,17H,9H2,1-3H3/t11-/m0/s1. The molecule has 0 spiro atoms. The molecule has 0 aliphatic heterocycles. The van der Waals surface area contributed by atoms with Gasteiger partial charge in [-0.1, -0.05) is 0 Å². The van der Waals surface area contributed by atoms with E-state index in [2.05, 4.69) is 9.88 Å². The molecule has 4 heteroatoms. The van der Waals surface area contributed by atoms with Gasteiger partial charge >= 0.3 is 0 Å². The van der Waals surface area contributed by atoms with Crippen molar-refractivity contribution in [2.45, 2.75) is 26.5 Å². The van der Waals surface area contributed by atoms with Gasteiger partial charge in [-0.15, -0.1) is 0 Å². The fraction of sp³-hybridized carbons (Fsp3) is 0.357. The zero-order chi connectivity index (χ0) is 13.1. The van der Waals surface area contributed by atoms with Gasteiger partial charge in [0.15, 0.2) is 0 Å². The number of pyridine rings is 1. The zero-order valence-electron chi connectivity index (χ0n) is 10.9. The molecule has 0 unspecified atom stereocenters. The molecule has 0 amide bonds. The normalized spacial score (nSPS) is 12.4. The van der Waals surface area contributed by atoms with Crippen molar-refractivity contribution in [1.82, 2.24) is 4.98 Å². The van der Waals surface area contributed by atoms with Crippen LogP contribution in [0.3, 0.4) is 0 Å². The predicted octanol–water partition coefficient (Wildman–Crippen LogP) is 2.67. The Kier molecular flexibility index (Phi) is 3.67. The first kappa shape index (κ1) is 12.6. The van der Waals surface area contributed by atoms with E-state index >= 15 is 0 Å². The van der Waals surface area contributed by atoms with Gasteiger partial charge in [-0.05, 0) is 38.1 Å². The summed E-state index contributed by atoms with van der Waals surface area (Å²) >= 11 is 0. The summed E-state index contributed by atoms with van der Waals surface area (Å²) in [6, 6.07) is 7.72. The summed E-state index contributed by atoms with van der Waals surface area (Å²) in [5.41, 5.74) is 1.68. The van der Waals surface area contributed by atoms with Gasteiger partial charge in [-0.3, -0.25) is 4.98 Å². The quantitative estimate of drug-likeness (QED) is 0.901. The topological polar surface area (TPSA) is 49.5 Å². The molecule has 0 radical (unpaired) electrons. The summed E-state index contributed by atoms with van der Waals surface area (Å²) in [6.45, 7) is 4.34. The Bertz CT molecular complexity index is 503. The van der Waals surface area contributed by atoms with E-state index in [1.165, 1.54) is 0 Å². The van der Waals surface area contributed by atoms with Crippen LogP contribution in [0.25, 0.3) is 0 Å². The van der Waals surface area contributed by atoms with E-state index < -0.39 is 6.10 Å². The fourth-order valence-electron chi connectivity index (χ4n) is 1.77. The Balaban J connectivity index is 2.06. The Labute approximate surface area is 107 Å². The first-order valence-corrected chi connectivity index (χ1v) is 5.96. The van der Waals surface area contributed by atoms with Crippen LogP contribution in [0.4, 0.5) is 5.69 Å². The fourth-order valence-corrected chi connectivity index (χ4v) is 1.77. The third-order valence-corrected chi connectivity index (χ3v) is 2.83. The van der Waals surface area contributed by atoms with Crippen molar-refractivity contribution in [3.8, 4) is 0 Å². The Hall–Kier alpha value is -1.81. The number of aliphatic hydroxyl groups excluding tert-OH is 1. The van der Waals surface area contributed by atoms with E-state index in [4.69, 9.17) is 4.42 Å².